The van der Waals surface area contributed by atoms with Crippen LogP contribution in [0, 0.1) is 0 Å². The minimum atomic E-state index is -0.887. The summed E-state index contributed by atoms with van der Waals surface area (Å²) in [5, 5.41) is 7.13. The zero-order valence-electron chi connectivity index (χ0n) is 18.4. The summed E-state index contributed by atoms with van der Waals surface area (Å²) < 4.78 is 6.16. The molecule has 35 heavy (non-hydrogen) atoms. The van der Waals surface area contributed by atoms with E-state index in [-0.39, 0.29) is 45.2 Å². The second kappa shape index (κ2) is 8.45. The molecule has 1 heterocycles. The summed E-state index contributed by atoms with van der Waals surface area (Å²) >= 11 is 0. The van der Waals surface area contributed by atoms with Crippen LogP contribution in [-0.4, -0.2) is 39.8 Å². The Labute approximate surface area is 197 Å². The molecule has 1 aliphatic carbocycles. The van der Waals surface area contributed by atoms with Gasteiger partial charge in [0.25, 0.3) is 11.5 Å². The first kappa shape index (κ1) is 21.9. The number of carbonyl (C=O) groups excluding carboxylic acids is 4. The molecule has 172 valence electrons. The van der Waals surface area contributed by atoms with Crippen molar-refractivity contribution in [3.8, 4) is 0 Å². The van der Waals surface area contributed by atoms with E-state index in [1.807, 2.05) is 0 Å². The number of ketones is 2. The molecule has 0 radical (unpaired) electrons. The maximum Gasteiger partial charge on any atom is 0.359 e. The standard InChI is InChI=1S/C26H17N3O6/c1-29-25(33)17-10-5-2-7-14(17)22(28-29)26(34)35-13-20(30)27-19-12-6-11-18-21(19)24(32)16-9-4-3-8-15(16)23(18)31/h2-12H,13H2,1H3,(H,27,30). The number of aromatic nitrogens is 2. The summed E-state index contributed by atoms with van der Waals surface area (Å²) in [4.78, 5) is 63.4. The summed E-state index contributed by atoms with van der Waals surface area (Å²) in [5.74, 6) is -2.29. The van der Waals surface area contributed by atoms with Crippen LogP contribution in [0.5, 0.6) is 0 Å². The zero-order chi connectivity index (χ0) is 24.7. The van der Waals surface area contributed by atoms with E-state index in [4.69, 9.17) is 4.74 Å². The summed E-state index contributed by atoms with van der Waals surface area (Å²) in [6.07, 6.45) is 0. The summed E-state index contributed by atoms with van der Waals surface area (Å²) in [7, 11) is 1.41. The van der Waals surface area contributed by atoms with E-state index in [2.05, 4.69) is 10.4 Å². The van der Waals surface area contributed by atoms with Crippen molar-refractivity contribution in [3.63, 3.8) is 0 Å². The molecule has 1 aromatic heterocycles. The largest absolute Gasteiger partial charge is 0.451 e. The molecule has 0 fully saturated rings. The third kappa shape index (κ3) is 3.68. The highest BCUT2D eigenvalue weighted by Crippen LogP contribution is 2.31. The van der Waals surface area contributed by atoms with Gasteiger partial charge in [0.1, 0.15) is 0 Å². The van der Waals surface area contributed by atoms with Crippen LogP contribution in [0.1, 0.15) is 42.3 Å². The van der Waals surface area contributed by atoms with Gasteiger partial charge in [0, 0.05) is 29.1 Å². The Morgan fingerprint density at radius 1 is 0.829 bits per heavy atom. The number of benzene rings is 3. The highest BCUT2D eigenvalue weighted by atomic mass is 16.5. The molecule has 1 N–H and O–H groups in total. The maximum absolute atomic E-state index is 13.1. The van der Waals surface area contributed by atoms with Crippen molar-refractivity contribution in [2.75, 3.05) is 11.9 Å². The van der Waals surface area contributed by atoms with Gasteiger partial charge < -0.3 is 10.1 Å². The molecule has 9 heteroatoms. The summed E-state index contributed by atoms with van der Waals surface area (Å²) in [6, 6.07) is 17.5. The highest BCUT2D eigenvalue weighted by molar-refractivity contribution is 6.30. The number of aryl methyl sites for hydroxylation is 1. The van der Waals surface area contributed by atoms with Crippen LogP contribution in [0.25, 0.3) is 10.8 Å². The lowest BCUT2D eigenvalue weighted by Crippen LogP contribution is -2.27. The Hall–Kier alpha value is -4.92. The average Bonchev–Trinajstić information content (AvgIpc) is 2.88. The minimum Gasteiger partial charge on any atom is -0.451 e. The first-order valence-electron chi connectivity index (χ1n) is 10.6. The van der Waals surface area contributed by atoms with Crippen LogP contribution in [0.3, 0.4) is 0 Å². The number of rotatable bonds is 4. The number of anilines is 1. The Bertz CT molecular complexity index is 1640. The monoisotopic (exact) mass is 467 g/mol. The lowest BCUT2D eigenvalue weighted by molar-refractivity contribution is -0.119. The number of carbonyl (C=O) groups is 4. The molecule has 0 saturated heterocycles. The van der Waals surface area contributed by atoms with Crippen molar-refractivity contribution in [1.82, 2.24) is 9.78 Å². The number of nitrogens with zero attached hydrogens (tertiary/aromatic N) is 2. The predicted molar refractivity (Wildman–Crippen MR) is 126 cm³/mol. The number of nitrogens with one attached hydrogen (secondary N) is 1. The number of fused-ring (bicyclic) bond motifs is 3. The van der Waals surface area contributed by atoms with Gasteiger partial charge in [-0.1, -0.05) is 54.6 Å². The quantitative estimate of drug-likeness (QED) is 0.403. The minimum absolute atomic E-state index is 0.0848. The van der Waals surface area contributed by atoms with Crippen molar-refractivity contribution in [2.24, 2.45) is 7.05 Å². The molecule has 3 aromatic carbocycles. The van der Waals surface area contributed by atoms with Gasteiger partial charge in [-0.25, -0.2) is 9.48 Å². The summed E-state index contributed by atoms with van der Waals surface area (Å²) in [5.41, 5.74) is 0.493. The number of hydrogen-bond acceptors (Lipinski definition) is 7. The number of esters is 1. The van der Waals surface area contributed by atoms with E-state index >= 15 is 0 Å². The van der Waals surface area contributed by atoms with E-state index in [0.29, 0.717) is 16.3 Å². The van der Waals surface area contributed by atoms with Crippen LogP contribution in [0.15, 0.2) is 71.5 Å². The molecule has 0 spiro atoms. The van der Waals surface area contributed by atoms with E-state index < -0.39 is 18.5 Å². The highest BCUT2D eigenvalue weighted by Gasteiger charge is 2.31. The second-order valence-electron chi connectivity index (χ2n) is 7.88. The lowest BCUT2D eigenvalue weighted by Gasteiger charge is -2.20. The first-order chi connectivity index (χ1) is 16.9. The lowest BCUT2D eigenvalue weighted by atomic mass is 9.83. The van der Waals surface area contributed by atoms with Gasteiger partial charge in [-0.3, -0.25) is 19.2 Å². The molecule has 0 bridgehead atoms. The number of hydrogen-bond donors (Lipinski definition) is 1. The Balaban J connectivity index is 1.37. The smallest absolute Gasteiger partial charge is 0.359 e. The van der Waals surface area contributed by atoms with E-state index in [0.717, 1.165) is 4.68 Å². The Morgan fingerprint density at radius 3 is 2.20 bits per heavy atom. The van der Waals surface area contributed by atoms with Gasteiger partial charge in [-0.05, 0) is 12.1 Å². The Morgan fingerprint density at radius 2 is 1.46 bits per heavy atom. The molecule has 5 rings (SSSR count). The molecule has 0 unspecified atom stereocenters. The van der Waals surface area contributed by atoms with Gasteiger partial charge >= 0.3 is 5.97 Å². The fourth-order valence-corrected chi connectivity index (χ4v) is 4.09. The predicted octanol–water partition coefficient (Wildman–Crippen LogP) is 2.50. The second-order valence-corrected chi connectivity index (χ2v) is 7.88. The topological polar surface area (TPSA) is 124 Å². The fourth-order valence-electron chi connectivity index (χ4n) is 4.09. The first-order valence-corrected chi connectivity index (χ1v) is 10.6. The van der Waals surface area contributed by atoms with Gasteiger partial charge in [-0.15, -0.1) is 0 Å². The van der Waals surface area contributed by atoms with Crippen molar-refractivity contribution >= 4 is 39.9 Å². The van der Waals surface area contributed by atoms with E-state index in [1.54, 1.807) is 54.6 Å². The van der Waals surface area contributed by atoms with E-state index in [1.165, 1.54) is 19.2 Å². The average molecular weight is 467 g/mol. The molecule has 0 atom stereocenters. The van der Waals surface area contributed by atoms with Gasteiger partial charge in [0.15, 0.2) is 23.9 Å². The SMILES string of the molecule is Cn1nc(C(=O)OCC(=O)Nc2cccc3c2C(=O)c2ccccc2C3=O)c2ccccc2c1=O. The van der Waals surface area contributed by atoms with Gasteiger partial charge in [0.05, 0.1) is 16.6 Å². The van der Waals surface area contributed by atoms with Crippen molar-refractivity contribution in [3.05, 3.63) is 105 Å². The Kier molecular flexibility index (Phi) is 5.29. The van der Waals surface area contributed by atoms with Crippen molar-refractivity contribution < 1.29 is 23.9 Å². The number of amides is 1. The molecule has 0 saturated carbocycles. The fraction of sp³-hybridized carbons (Fsp3) is 0.0769. The van der Waals surface area contributed by atoms with Gasteiger partial charge in [0.2, 0.25) is 0 Å². The normalized spacial score (nSPS) is 12.1. The summed E-state index contributed by atoms with van der Waals surface area (Å²) in [6.45, 7) is -0.667. The molecular weight excluding hydrogens is 450 g/mol. The van der Waals surface area contributed by atoms with Crippen LogP contribution >= 0.6 is 0 Å². The van der Waals surface area contributed by atoms with Crippen LogP contribution in [0.4, 0.5) is 5.69 Å². The molecule has 4 aromatic rings. The molecular formula is C26H17N3O6. The molecule has 0 aliphatic heterocycles. The van der Waals surface area contributed by atoms with Crippen molar-refractivity contribution in [1.29, 1.82) is 0 Å². The zero-order valence-corrected chi connectivity index (χ0v) is 18.4. The van der Waals surface area contributed by atoms with Gasteiger partial charge in [-0.2, -0.15) is 5.10 Å². The molecule has 9 nitrogen and oxygen atoms in total. The van der Waals surface area contributed by atoms with E-state index in [9.17, 15) is 24.0 Å². The van der Waals surface area contributed by atoms with Crippen LogP contribution in [0.2, 0.25) is 0 Å². The van der Waals surface area contributed by atoms with Crippen LogP contribution < -0.4 is 10.9 Å². The molecule has 1 amide bonds. The van der Waals surface area contributed by atoms with Crippen molar-refractivity contribution in [2.45, 2.75) is 0 Å². The third-order valence-electron chi connectivity index (χ3n) is 5.71. The third-order valence-corrected chi connectivity index (χ3v) is 5.71. The number of ether oxygens (including phenoxy) is 1. The maximum atomic E-state index is 13.1. The van der Waals surface area contributed by atoms with Crippen LogP contribution in [-0.2, 0) is 16.6 Å². The molecule has 1 aliphatic rings.